The molecule has 2 N–H and O–H groups in total. The fraction of sp³-hybridized carbons (Fsp3) is 0.357. The number of amides is 2. The van der Waals surface area contributed by atoms with Gasteiger partial charge in [-0.3, -0.25) is 4.79 Å². The number of carboxylic acid groups (broad SMARTS) is 1. The molecule has 1 aliphatic heterocycles. The Balaban J connectivity index is 2.06. The zero-order valence-electron chi connectivity index (χ0n) is 11.1. The van der Waals surface area contributed by atoms with Gasteiger partial charge in [0.15, 0.2) is 0 Å². The lowest BCUT2D eigenvalue weighted by molar-refractivity contribution is -0.141. The number of urea groups is 1. The molecule has 1 aromatic rings. The molecule has 1 aliphatic rings. The molecule has 20 heavy (non-hydrogen) atoms. The van der Waals surface area contributed by atoms with Crippen LogP contribution in [-0.2, 0) is 4.79 Å². The molecule has 104 valence electrons. The van der Waals surface area contributed by atoms with Crippen molar-refractivity contribution in [3.63, 3.8) is 0 Å². The quantitative estimate of drug-likeness (QED) is 0.859. The molecule has 1 unspecified atom stereocenters. The van der Waals surface area contributed by atoms with Crippen LogP contribution in [0.1, 0.15) is 17.5 Å². The van der Waals surface area contributed by atoms with Gasteiger partial charge in [-0.2, -0.15) is 5.26 Å². The fourth-order valence-electron chi connectivity index (χ4n) is 2.17. The first-order chi connectivity index (χ1) is 9.51. The van der Waals surface area contributed by atoms with Crippen molar-refractivity contribution in [3.05, 3.63) is 29.3 Å². The highest BCUT2D eigenvalue weighted by Crippen LogP contribution is 2.20. The molecule has 0 radical (unpaired) electrons. The number of hydrogen-bond acceptors (Lipinski definition) is 3. The number of carboxylic acids is 1. The van der Waals surface area contributed by atoms with Crippen molar-refractivity contribution in [1.82, 2.24) is 4.90 Å². The lowest BCUT2D eigenvalue weighted by Crippen LogP contribution is -2.34. The average Bonchev–Trinajstić information content (AvgIpc) is 2.91. The van der Waals surface area contributed by atoms with Gasteiger partial charge in [0.1, 0.15) is 0 Å². The molecular weight excluding hydrogens is 258 g/mol. The van der Waals surface area contributed by atoms with Gasteiger partial charge in [-0.15, -0.1) is 0 Å². The standard InChI is InChI=1S/C14H15N3O3/c1-9-2-3-10(7-15)6-12(9)16-14(20)17-5-4-11(8-17)13(18)19/h2-3,6,11H,4-5,8H2,1H3,(H,16,20)(H,18,19). The number of hydrogen-bond donors (Lipinski definition) is 2. The van der Waals surface area contributed by atoms with Crippen LogP contribution < -0.4 is 5.32 Å². The van der Waals surface area contributed by atoms with Crippen molar-refractivity contribution < 1.29 is 14.7 Å². The van der Waals surface area contributed by atoms with Crippen LogP contribution in [0.25, 0.3) is 0 Å². The normalized spacial score (nSPS) is 17.6. The Kier molecular flexibility index (Phi) is 3.89. The number of likely N-dealkylation sites (tertiary alicyclic amines) is 1. The highest BCUT2D eigenvalue weighted by molar-refractivity contribution is 5.91. The minimum atomic E-state index is -0.872. The summed E-state index contributed by atoms with van der Waals surface area (Å²) < 4.78 is 0. The Bertz CT molecular complexity index is 592. The molecular formula is C14H15N3O3. The first-order valence-corrected chi connectivity index (χ1v) is 6.30. The predicted molar refractivity (Wildman–Crippen MR) is 72.2 cm³/mol. The second-order valence-corrected chi connectivity index (χ2v) is 4.84. The van der Waals surface area contributed by atoms with E-state index in [1.165, 1.54) is 4.90 Å². The number of nitrogens with one attached hydrogen (secondary N) is 1. The summed E-state index contributed by atoms with van der Waals surface area (Å²) in [5.74, 6) is -1.37. The highest BCUT2D eigenvalue weighted by atomic mass is 16.4. The number of aryl methyl sites for hydroxylation is 1. The van der Waals surface area contributed by atoms with E-state index in [1.807, 2.05) is 13.0 Å². The van der Waals surface area contributed by atoms with E-state index in [1.54, 1.807) is 18.2 Å². The summed E-state index contributed by atoms with van der Waals surface area (Å²) in [7, 11) is 0. The maximum atomic E-state index is 12.1. The number of benzene rings is 1. The van der Waals surface area contributed by atoms with Crippen LogP contribution >= 0.6 is 0 Å². The van der Waals surface area contributed by atoms with Crippen molar-refractivity contribution in [1.29, 1.82) is 5.26 Å². The Morgan fingerprint density at radius 2 is 2.25 bits per heavy atom. The first-order valence-electron chi connectivity index (χ1n) is 6.30. The van der Waals surface area contributed by atoms with Gasteiger partial charge in [0.2, 0.25) is 0 Å². The zero-order chi connectivity index (χ0) is 14.7. The van der Waals surface area contributed by atoms with Crippen LogP contribution in [0.3, 0.4) is 0 Å². The smallest absolute Gasteiger partial charge is 0.321 e. The summed E-state index contributed by atoms with van der Waals surface area (Å²) in [6, 6.07) is 6.74. The summed E-state index contributed by atoms with van der Waals surface area (Å²) in [4.78, 5) is 24.4. The van der Waals surface area contributed by atoms with E-state index in [0.717, 1.165) is 5.56 Å². The minimum Gasteiger partial charge on any atom is -0.481 e. The number of rotatable bonds is 2. The van der Waals surface area contributed by atoms with E-state index in [4.69, 9.17) is 10.4 Å². The molecule has 0 aromatic heterocycles. The number of carbonyl (C=O) groups is 2. The van der Waals surface area contributed by atoms with Crippen LogP contribution in [0.4, 0.5) is 10.5 Å². The number of anilines is 1. The Hall–Kier alpha value is -2.55. The van der Waals surface area contributed by atoms with Gasteiger partial charge in [0, 0.05) is 18.8 Å². The maximum absolute atomic E-state index is 12.1. The Morgan fingerprint density at radius 3 is 2.85 bits per heavy atom. The van der Waals surface area contributed by atoms with E-state index in [2.05, 4.69) is 5.32 Å². The topological polar surface area (TPSA) is 93.4 Å². The van der Waals surface area contributed by atoms with Crippen LogP contribution in [0.2, 0.25) is 0 Å². The molecule has 1 fully saturated rings. The molecule has 0 spiro atoms. The molecule has 0 bridgehead atoms. The molecule has 1 heterocycles. The largest absolute Gasteiger partial charge is 0.481 e. The van der Waals surface area contributed by atoms with Crippen LogP contribution in [0.15, 0.2) is 18.2 Å². The molecule has 6 heteroatoms. The fourth-order valence-corrected chi connectivity index (χ4v) is 2.17. The van der Waals surface area contributed by atoms with Crippen LogP contribution in [0, 0.1) is 24.2 Å². The van der Waals surface area contributed by atoms with Crippen LogP contribution in [0.5, 0.6) is 0 Å². The van der Waals surface area contributed by atoms with E-state index in [-0.39, 0.29) is 12.6 Å². The van der Waals surface area contributed by atoms with Gasteiger partial charge in [-0.25, -0.2) is 4.79 Å². The van der Waals surface area contributed by atoms with E-state index in [9.17, 15) is 9.59 Å². The van der Waals surface area contributed by atoms with Gasteiger partial charge in [0.05, 0.1) is 17.6 Å². The third-order valence-corrected chi connectivity index (χ3v) is 3.43. The Labute approximate surface area is 116 Å². The second-order valence-electron chi connectivity index (χ2n) is 4.84. The van der Waals surface area contributed by atoms with Gasteiger partial charge < -0.3 is 15.3 Å². The van der Waals surface area contributed by atoms with Crippen molar-refractivity contribution in [2.75, 3.05) is 18.4 Å². The number of carbonyl (C=O) groups excluding carboxylic acids is 1. The molecule has 6 nitrogen and oxygen atoms in total. The third-order valence-electron chi connectivity index (χ3n) is 3.43. The van der Waals surface area contributed by atoms with Crippen molar-refractivity contribution >= 4 is 17.7 Å². The molecule has 2 rings (SSSR count). The molecule has 1 atom stereocenters. The number of aliphatic carboxylic acids is 1. The Morgan fingerprint density at radius 1 is 1.50 bits per heavy atom. The molecule has 1 saturated heterocycles. The first kappa shape index (κ1) is 13.9. The van der Waals surface area contributed by atoms with Gasteiger partial charge >= 0.3 is 12.0 Å². The van der Waals surface area contributed by atoms with Crippen molar-refractivity contribution in [3.8, 4) is 6.07 Å². The van der Waals surface area contributed by atoms with Crippen LogP contribution in [-0.4, -0.2) is 35.1 Å². The maximum Gasteiger partial charge on any atom is 0.321 e. The van der Waals surface area contributed by atoms with Gasteiger partial charge in [-0.05, 0) is 31.0 Å². The van der Waals surface area contributed by atoms with Gasteiger partial charge in [0.25, 0.3) is 0 Å². The minimum absolute atomic E-state index is 0.220. The van der Waals surface area contributed by atoms with E-state index >= 15 is 0 Å². The summed E-state index contributed by atoms with van der Waals surface area (Å²) in [6.07, 6.45) is 0.472. The molecule has 0 aliphatic carbocycles. The third kappa shape index (κ3) is 2.88. The van der Waals surface area contributed by atoms with Gasteiger partial charge in [-0.1, -0.05) is 6.07 Å². The molecule has 0 saturated carbocycles. The van der Waals surface area contributed by atoms with E-state index < -0.39 is 11.9 Å². The van der Waals surface area contributed by atoms with E-state index in [0.29, 0.717) is 24.2 Å². The highest BCUT2D eigenvalue weighted by Gasteiger charge is 2.30. The predicted octanol–water partition coefficient (Wildman–Crippen LogP) is 1.81. The second kappa shape index (κ2) is 5.61. The average molecular weight is 273 g/mol. The monoisotopic (exact) mass is 273 g/mol. The molecule has 1 aromatic carbocycles. The van der Waals surface area contributed by atoms with Crippen molar-refractivity contribution in [2.24, 2.45) is 5.92 Å². The summed E-state index contributed by atoms with van der Waals surface area (Å²) in [5, 5.41) is 20.5. The number of nitrogens with zero attached hydrogens (tertiary/aromatic N) is 2. The lowest BCUT2D eigenvalue weighted by atomic mass is 10.1. The zero-order valence-corrected chi connectivity index (χ0v) is 11.1. The SMILES string of the molecule is Cc1ccc(C#N)cc1NC(=O)N1CCC(C(=O)O)C1. The summed E-state index contributed by atoms with van der Waals surface area (Å²) in [6.45, 7) is 2.48. The van der Waals surface area contributed by atoms with Crippen molar-refractivity contribution in [2.45, 2.75) is 13.3 Å². The lowest BCUT2D eigenvalue weighted by Gasteiger charge is -2.17. The summed E-state index contributed by atoms with van der Waals surface area (Å²) in [5.41, 5.74) is 1.90. The number of nitriles is 1. The summed E-state index contributed by atoms with van der Waals surface area (Å²) >= 11 is 0. The molecule has 2 amide bonds.